The van der Waals surface area contributed by atoms with Gasteiger partial charge in [-0.05, 0) is 43.0 Å². The van der Waals surface area contributed by atoms with Gasteiger partial charge in [-0.25, -0.2) is 4.98 Å². The molecular weight excluding hydrogens is 420 g/mol. The van der Waals surface area contributed by atoms with Crippen LogP contribution in [0.5, 0.6) is 0 Å². The maximum absolute atomic E-state index is 12.9. The minimum Gasteiger partial charge on any atom is -0.355 e. The monoisotopic (exact) mass is 442 g/mol. The van der Waals surface area contributed by atoms with Crippen molar-refractivity contribution < 1.29 is 9.32 Å². The van der Waals surface area contributed by atoms with Crippen LogP contribution in [0.3, 0.4) is 0 Å². The minimum atomic E-state index is -0.145. The van der Waals surface area contributed by atoms with Gasteiger partial charge in [-0.3, -0.25) is 24.1 Å². The third-order valence-electron chi connectivity index (χ3n) is 5.89. The second kappa shape index (κ2) is 9.15. The van der Waals surface area contributed by atoms with Gasteiger partial charge in [0.15, 0.2) is 11.5 Å². The van der Waals surface area contributed by atoms with Crippen molar-refractivity contribution in [3.05, 3.63) is 83.6 Å². The van der Waals surface area contributed by atoms with Gasteiger partial charge in [0.05, 0.1) is 12.0 Å². The number of aromatic nitrogens is 5. The van der Waals surface area contributed by atoms with Gasteiger partial charge in [-0.15, -0.1) is 0 Å². The van der Waals surface area contributed by atoms with Gasteiger partial charge in [-0.2, -0.15) is 0 Å². The van der Waals surface area contributed by atoms with Crippen LogP contribution < -0.4 is 5.56 Å². The highest BCUT2D eigenvalue weighted by atomic mass is 16.5. The molecule has 33 heavy (non-hydrogen) atoms. The SMILES string of the molecule is O=C(c1cc(-c2cccnc2)on1)N1CCC(Cn2cnc(-c3ccncc3)cc2=O)CC1. The summed E-state index contributed by atoms with van der Waals surface area (Å²) in [4.78, 5) is 39.7. The second-order valence-corrected chi connectivity index (χ2v) is 8.05. The predicted molar refractivity (Wildman–Crippen MR) is 120 cm³/mol. The molecule has 4 aromatic rings. The molecule has 9 nitrogen and oxygen atoms in total. The first-order valence-corrected chi connectivity index (χ1v) is 10.8. The van der Waals surface area contributed by atoms with Crippen molar-refractivity contribution in [2.24, 2.45) is 5.92 Å². The maximum Gasteiger partial charge on any atom is 0.276 e. The Morgan fingerprint density at radius 3 is 2.58 bits per heavy atom. The fourth-order valence-corrected chi connectivity index (χ4v) is 4.02. The van der Waals surface area contributed by atoms with E-state index in [1.165, 1.54) is 0 Å². The Morgan fingerprint density at radius 1 is 1.03 bits per heavy atom. The van der Waals surface area contributed by atoms with Crippen molar-refractivity contribution in [1.82, 2.24) is 29.6 Å². The Labute approximate surface area is 189 Å². The molecule has 0 N–H and O–H groups in total. The van der Waals surface area contributed by atoms with Crippen molar-refractivity contribution in [1.29, 1.82) is 0 Å². The Hall–Kier alpha value is -4.14. The first-order chi connectivity index (χ1) is 16.2. The lowest BCUT2D eigenvalue weighted by Crippen LogP contribution is -2.40. The molecule has 166 valence electrons. The maximum atomic E-state index is 12.9. The van der Waals surface area contributed by atoms with Crippen molar-refractivity contribution in [2.75, 3.05) is 13.1 Å². The summed E-state index contributed by atoms with van der Waals surface area (Å²) in [5.74, 6) is 0.667. The van der Waals surface area contributed by atoms with E-state index in [1.54, 1.807) is 58.8 Å². The van der Waals surface area contributed by atoms with Gasteiger partial charge >= 0.3 is 0 Å². The van der Waals surface area contributed by atoms with Gasteiger partial charge in [0.25, 0.3) is 11.5 Å². The summed E-state index contributed by atoms with van der Waals surface area (Å²) in [5.41, 5.74) is 2.48. The lowest BCUT2D eigenvalue weighted by molar-refractivity contribution is 0.0672. The van der Waals surface area contributed by atoms with E-state index in [0.717, 1.165) is 24.0 Å². The van der Waals surface area contributed by atoms with E-state index in [2.05, 4.69) is 20.1 Å². The summed E-state index contributed by atoms with van der Waals surface area (Å²) in [7, 11) is 0. The molecule has 0 radical (unpaired) electrons. The zero-order valence-corrected chi connectivity index (χ0v) is 17.9. The fourth-order valence-electron chi connectivity index (χ4n) is 4.02. The minimum absolute atomic E-state index is 0.0825. The molecular formula is C24H22N6O3. The van der Waals surface area contributed by atoms with Crippen molar-refractivity contribution in [3.63, 3.8) is 0 Å². The number of hydrogen-bond donors (Lipinski definition) is 0. The van der Waals surface area contributed by atoms with Crippen molar-refractivity contribution >= 4 is 5.91 Å². The molecule has 1 fully saturated rings. The quantitative estimate of drug-likeness (QED) is 0.468. The van der Waals surface area contributed by atoms with E-state index >= 15 is 0 Å². The highest BCUT2D eigenvalue weighted by Gasteiger charge is 2.26. The first kappa shape index (κ1) is 20.7. The molecule has 1 amide bonds. The third-order valence-corrected chi connectivity index (χ3v) is 5.89. The van der Waals surface area contributed by atoms with Crippen molar-refractivity contribution in [2.45, 2.75) is 19.4 Å². The van der Waals surface area contributed by atoms with Gasteiger partial charge < -0.3 is 9.42 Å². The molecule has 0 unspecified atom stereocenters. The first-order valence-electron chi connectivity index (χ1n) is 10.8. The van der Waals surface area contributed by atoms with Gasteiger partial charge in [-0.1, -0.05) is 5.16 Å². The summed E-state index contributed by atoms with van der Waals surface area (Å²) in [6.07, 6.45) is 9.91. The van der Waals surface area contributed by atoms with E-state index in [0.29, 0.717) is 42.7 Å². The van der Waals surface area contributed by atoms with E-state index in [1.807, 2.05) is 18.2 Å². The number of amides is 1. The second-order valence-electron chi connectivity index (χ2n) is 8.05. The molecule has 5 rings (SSSR count). The van der Waals surface area contributed by atoms with E-state index < -0.39 is 0 Å². The number of likely N-dealkylation sites (tertiary alicyclic amines) is 1. The molecule has 5 heterocycles. The fraction of sp³-hybridized carbons (Fsp3) is 0.250. The average Bonchev–Trinajstić information content (AvgIpc) is 3.37. The Balaban J connectivity index is 1.19. The van der Waals surface area contributed by atoms with Gasteiger partial charge in [0, 0.05) is 67.7 Å². The van der Waals surface area contributed by atoms with Crippen molar-refractivity contribution in [3.8, 4) is 22.6 Å². The van der Waals surface area contributed by atoms with Crippen LogP contribution in [-0.2, 0) is 6.54 Å². The zero-order valence-electron chi connectivity index (χ0n) is 17.9. The third kappa shape index (κ3) is 4.57. The molecule has 0 bridgehead atoms. The number of carbonyl (C=O) groups excluding carboxylic acids is 1. The molecule has 0 aliphatic carbocycles. The molecule has 4 aromatic heterocycles. The van der Waals surface area contributed by atoms with E-state index in [-0.39, 0.29) is 11.5 Å². The zero-order chi connectivity index (χ0) is 22.6. The standard InChI is InChI=1S/C24H22N6O3/c31-23-13-20(18-3-8-25-9-4-18)27-16-30(23)15-17-5-10-29(11-6-17)24(32)21-12-22(33-28-21)19-2-1-7-26-14-19/h1-4,7-9,12-14,16-17H,5-6,10-11,15H2. The number of carbonyl (C=O) groups is 1. The number of hydrogen-bond acceptors (Lipinski definition) is 7. The topological polar surface area (TPSA) is 107 Å². The lowest BCUT2D eigenvalue weighted by Gasteiger charge is -2.31. The molecule has 0 atom stereocenters. The number of rotatable bonds is 5. The molecule has 1 aliphatic rings. The normalized spacial score (nSPS) is 14.4. The van der Waals surface area contributed by atoms with Gasteiger partial charge in [0.2, 0.25) is 0 Å². The number of pyridine rings is 2. The van der Waals surface area contributed by atoms with Crippen LogP contribution in [0.25, 0.3) is 22.6 Å². The number of piperidine rings is 1. The molecule has 0 aromatic carbocycles. The summed E-state index contributed by atoms with van der Waals surface area (Å²) >= 11 is 0. The molecule has 0 spiro atoms. The lowest BCUT2D eigenvalue weighted by atomic mass is 9.96. The molecule has 1 aliphatic heterocycles. The van der Waals surface area contributed by atoms with Crippen LogP contribution in [0.4, 0.5) is 0 Å². The summed E-state index contributed by atoms with van der Waals surface area (Å²) < 4.78 is 6.98. The van der Waals surface area contributed by atoms with Crippen LogP contribution in [-0.4, -0.2) is 48.6 Å². The Bertz CT molecular complexity index is 1290. The number of nitrogens with zero attached hydrogens (tertiary/aromatic N) is 6. The largest absolute Gasteiger partial charge is 0.355 e. The van der Waals surface area contributed by atoms with Crippen LogP contribution in [0.1, 0.15) is 23.3 Å². The van der Waals surface area contributed by atoms with Crippen LogP contribution >= 0.6 is 0 Å². The van der Waals surface area contributed by atoms with E-state index in [4.69, 9.17) is 4.52 Å². The van der Waals surface area contributed by atoms with Crippen LogP contribution in [0.2, 0.25) is 0 Å². The van der Waals surface area contributed by atoms with E-state index in [9.17, 15) is 9.59 Å². The summed E-state index contributed by atoms with van der Waals surface area (Å²) in [6.45, 7) is 1.80. The average molecular weight is 442 g/mol. The summed E-state index contributed by atoms with van der Waals surface area (Å²) in [5, 5.41) is 3.95. The Morgan fingerprint density at radius 2 is 1.85 bits per heavy atom. The Kier molecular flexibility index (Phi) is 5.75. The molecule has 1 saturated heterocycles. The van der Waals surface area contributed by atoms with Crippen LogP contribution in [0.15, 0.2) is 76.8 Å². The predicted octanol–water partition coefficient (Wildman–Crippen LogP) is 2.91. The molecule has 9 heteroatoms. The highest BCUT2D eigenvalue weighted by molar-refractivity contribution is 5.93. The molecule has 0 saturated carbocycles. The summed E-state index contributed by atoms with van der Waals surface area (Å²) in [6, 6.07) is 10.5. The van der Waals surface area contributed by atoms with Gasteiger partial charge in [0.1, 0.15) is 0 Å². The highest BCUT2D eigenvalue weighted by Crippen LogP contribution is 2.23. The smallest absolute Gasteiger partial charge is 0.276 e. The van der Waals surface area contributed by atoms with Crippen LogP contribution in [0, 0.1) is 5.92 Å².